The molecule has 1 N–H and O–H groups in total. The Morgan fingerprint density at radius 1 is 1.38 bits per heavy atom. The van der Waals surface area contributed by atoms with Gasteiger partial charge in [-0.05, 0) is 38.3 Å². The summed E-state index contributed by atoms with van der Waals surface area (Å²) >= 11 is 0. The standard InChI is InChI=1S/C7H14N/c1-7(2)3-5-8-6-4-7/h8H,1,3-6H2,2H3. The first-order chi connectivity index (χ1) is 3.71. The number of hydrogen-bond donors (Lipinski definition) is 1. The van der Waals surface area contributed by atoms with E-state index in [0.29, 0.717) is 5.41 Å². The fraction of sp³-hybridized carbons (Fsp3) is 0.857. The minimum atomic E-state index is 0.366. The maximum absolute atomic E-state index is 4.09. The van der Waals surface area contributed by atoms with Crippen molar-refractivity contribution in [1.82, 2.24) is 5.32 Å². The van der Waals surface area contributed by atoms with Gasteiger partial charge >= 0.3 is 0 Å². The summed E-state index contributed by atoms with van der Waals surface area (Å²) in [6.07, 6.45) is 2.46. The summed E-state index contributed by atoms with van der Waals surface area (Å²) in [4.78, 5) is 0. The van der Waals surface area contributed by atoms with Gasteiger partial charge in [-0.15, -0.1) is 0 Å². The van der Waals surface area contributed by atoms with Gasteiger partial charge in [-0.3, -0.25) is 0 Å². The van der Waals surface area contributed by atoms with E-state index in [9.17, 15) is 0 Å². The molecule has 0 amide bonds. The van der Waals surface area contributed by atoms with Gasteiger partial charge in [0.05, 0.1) is 0 Å². The fourth-order valence-electron chi connectivity index (χ4n) is 1.03. The maximum atomic E-state index is 4.09. The first-order valence-electron chi connectivity index (χ1n) is 3.27. The second kappa shape index (κ2) is 2.06. The second-order valence-electron chi connectivity index (χ2n) is 3.06. The van der Waals surface area contributed by atoms with Crippen LogP contribution in [0.2, 0.25) is 0 Å². The predicted molar refractivity (Wildman–Crippen MR) is 35.6 cm³/mol. The Hall–Kier alpha value is -0.0400. The molecule has 8 heavy (non-hydrogen) atoms. The summed E-state index contributed by atoms with van der Waals surface area (Å²) in [7, 11) is 0. The predicted octanol–water partition coefficient (Wildman–Crippen LogP) is 1.21. The SMILES string of the molecule is [CH2]C1(C)CCNCC1. The molecule has 0 spiro atoms. The largest absolute Gasteiger partial charge is 0.317 e. The van der Waals surface area contributed by atoms with Crippen LogP contribution in [0.15, 0.2) is 0 Å². The van der Waals surface area contributed by atoms with Gasteiger partial charge in [0.1, 0.15) is 0 Å². The van der Waals surface area contributed by atoms with Gasteiger partial charge in [-0.25, -0.2) is 0 Å². The number of hydrogen-bond acceptors (Lipinski definition) is 1. The lowest BCUT2D eigenvalue weighted by Crippen LogP contribution is -2.32. The van der Waals surface area contributed by atoms with Crippen molar-refractivity contribution >= 4 is 0 Å². The van der Waals surface area contributed by atoms with E-state index in [0.717, 1.165) is 13.1 Å². The molecular formula is C7H14N. The normalized spacial score (nSPS) is 27.8. The third-order valence-electron chi connectivity index (χ3n) is 1.81. The minimum absolute atomic E-state index is 0.366. The van der Waals surface area contributed by atoms with Crippen LogP contribution in [0.4, 0.5) is 0 Å². The van der Waals surface area contributed by atoms with Crippen LogP contribution < -0.4 is 5.32 Å². The number of rotatable bonds is 0. The van der Waals surface area contributed by atoms with Crippen molar-refractivity contribution in [3.8, 4) is 0 Å². The Labute approximate surface area is 51.5 Å². The van der Waals surface area contributed by atoms with Gasteiger partial charge in [0.2, 0.25) is 0 Å². The zero-order valence-corrected chi connectivity index (χ0v) is 5.54. The summed E-state index contributed by atoms with van der Waals surface area (Å²) < 4.78 is 0. The van der Waals surface area contributed by atoms with Gasteiger partial charge in [0, 0.05) is 0 Å². The van der Waals surface area contributed by atoms with Crippen molar-refractivity contribution in [2.45, 2.75) is 19.8 Å². The van der Waals surface area contributed by atoms with Crippen LogP contribution >= 0.6 is 0 Å². The molecule has 0 atom stereocenters. The lowest BCUT2D eigenvalue weighted by molar-refractivity contribution is 0.298. The summed E-state index contributed by atoms with van der Waals surface area (Å²) in [6.45, 7) is 8.62. The molecule has 1 nitrogen and oxygen atoms in total. The second-order valence-corrected chi connectivity index (χ2v) is 3.06. The lowest BCUT2D eigenvalue weighted by Gasteiger charge is -2.29. The van der Waals surface area contributed by atoms with E-state index >= 15 is 0 Å². The van der Waals surface area contributed by atoms with Crippen LogP contribution in [0.25, 0.3) is 0 Å². The summed E-state index contributed by atoms with van der Waals surface area (Å²) in [5, 5.41) is 3.30. The van der Waals surface area contributed by atoms with E-state index < -0.39 is 0 Å². The van der Waals surface area contributed by atoms with Gasteiger partial charge in [0.25, 0.3) is 0 Å². The molecule has 0 saturated carbocycles. The van der Waals surface area contributed by atoms with Crippen molar-refractivity contribution < 1.29 is 0 Å². The quantitative estimate of drug-likeness (QED) is 0.496. The highest BCUT2D eigenvalue weighted by atomic mass is 14.9. The first kappa shape index (κ1) is 6.09. The molecule has 1 heteroatoms. The van der Waals surface area contributed by atoms with E-state index in [1.807, 2.05) is 0 Å². The molecule has 0 bridgehead atoms. The molecule has 1 saturated heterocycles. The Morgan fingerprint density at radius 2 is 1.88 bits per heavy atom. The molecule has 1 fully saturated rings. The fourth-order valence-corrected chi connectivity index (χ4v) is 1.03. The zero-order valence-electron chi connectivity index (χ0n) is 5.54. The molecule has 47 valence electrons. The topological polar surface area (TPSA) is 12.0 Å². The van der Waals surface area contributed by atoms with Gasteiger partial charge in [-0.1, -0.05) is 6.92 Å². The molecule has 0 aromatic carbocycles. The zero-order chi connectivity index (χ0) is 6.04. The van der Waals surface area contributed by atoms with Gasteiger partial charge in [-0.2, -0.15) is 0 Å². The van der Waals surface area contributed by atoms with Crippen molar-refractivity contribution in [3.63, 3.8) is 0 Å². The summed E-state index contributed by atoms with van der Waals surface area (Å²) in [6, 6.07) is 0. The van der Waals surface area contributed by atoms with Crippen molar-refractivity contribution in [2.75, 3.05) is 13.1 Å². The van der Waals surface area contributed by atoms with Crippen LogP contribution in [0, 0.1) is 12.3 Å². The highest BCUT2D eigenvalue weighted by Gasteiger charge is 2.19. The van der Waals surface area contributed by atoms with E-state index in [1.165, 1.54) is 12.8 Å². The molecular weight excluding hydrogens is 98.1 g/mol. The van der Waals surface area contributed by atoms with E-state index in [2.05, 4.69) is 19.2 Å². The first-order valence-corrected chi connectivity index (χ1v) is 3.27. The van der Waals surface area contributed by atoms with E-state index in [1.54, 1.807) is 0 Å². The lowest BCUT2D eigenvalue weighted by atomic mass is 9.83. The summed E-state index contributed by atoms with van der Waals surface area (Å²) in [5.41, 5.74) is 0.366. The minimum Gasteiger partial charge on any atom is -0.317 e. The molecule has 1 rings (SSSR count). The number of piperidine rings is 1. The van der Waals surface area contributed by atoms with Crippen LogP contribution in [0.1, 0.15) is 19.8 Å². The molecule has 0 aromatic heterocycles. The Balaban J connectivity index is 2.33. The summed E-state index contributed by atoms with van der Waals surface area (Å²) in [5.74, 6) is 0. The third-order valence-corrected chi connectivity index (χ3v) is 1.81. The van der Waals surface area contributed by atoms with Crippen LogP contribution in [0.3, 0.4) is 0 Å². The molecule has 1 aliphatic rings. The highest BCUT2D eigenvalue weighted by Crippen LogP contribution is 2.25. The smallest absolute Gasteiger partial charge is 0.00437 e. The van der Waals surface area contributed by atoms with E-state index in [4.69, 9.17) is 0 Å². The molecule has 1 radical (unpaired) electrons. The van der Waals surface area contributed by atoms with Gasteiger partial charge in [0.15, 0.2) is 0 Å². The highest BCUT2D eigenvalue weighted by molar-refractivity contribution is 4.81. The third kappa shape index (κ3) is 1.48. The molecule has 1 heterocycles. The molecule has 0 aromatic rings. The van der Waals surface area contributed by atoms with Crippen molar-refractivity contribution in [2.24, 2.45) is 5.41 Å². The van der Waals surface area contributed by atoms with Crippen LogP contribution in [-0.4, -0.2) is 13.1 Å². The molecule has 0 unspecified atom stereocenters. The number of nitrogens with one attached hydrogen (secondary N) is 1. The average molecular weight is 112 g/mol. The Kier molecular flexibility index (Phi) is 1.57. The monoisotopic (exact) mass is 112 g/mol. The van der Waals surface area contributed by atoms with E-state index in [-0.39, 0.29) is 0 Å². The Morgan fingerprint density at radius 3 is 2.12 bits per heavy atom. The maximum Gasteiger partial charge on any atom is -0.00437 e. The molecule has 1 aliphatic heterocycles. The van der Waals surface area contributed by atoms with Gasteiger partial charge < -0.3 is 5.32 Å². The average Bonchev–Trinajstić information content (AvgIpc) is 1.65. The van der Waals surface area contributed by atoms with Crippen LogP contribution in [-0.2, 0) is 0 Å². The van der Waals surface area contributed by atoms with Crippen molar-refractivity contribution in [3.05, 3.63) is 6.92 Å². The van der Waals surface area contributed by atoms with Crippen molar-refractivity contribution in [1.29, 1.82) is 0 Å². The van der Waals surface area contributed by atoms with Crippen LogP contribution in [0.5, 0.6) is 0 Å². The Bertz CT molecular complexity index is 68.5. The molecule has 0 aliphatic carbocycles.